The fourth-order valence-electron chi connectivity index (χ4n) is 2.98. The van der Waals surface area contributed by atoms with Crippen molar-refractivity contribution in [1.29, 1.82) is 0 Å². The second kappa shape index (κ2) is 5.65. The van der Waals surface area contributed by atoms with Gasteiger partial charge in [-0.05, 0) is 44.2 Å². The molecule has 0 radical (unpaired) electrons. The molecule has 2 N–H and O–H groups in total. The van der Waals surface area contributed by atoms with Gasteiger partial charge in [0.2, 0.25) is 5.91 Å². The third-order valence-corrected chi connectivity index (χ3v) is 4.09. The molecule has 0 saturated heterocycles. The van der Waals surface area contributed by atoms with Crippen molar-refractivity contribution in [3.05, 3.63) is 35.4 Å². The zero-order chi connectivity index (χ0) is 14.8. The number of carboxylic acid groups (broad SMARTS) is 1. The molecule has 1 aromatic rings. The first kappa shape index (κ1) is 14.6. The fourth-order valence-corrected chi connectivity index (χ4v) is 2.98. The van der Waals surface area contributed by atoms with Gasteiger partial charge in [-0.25, -0.2) is 0 Å². The average molecular weight is 275 g/mol. The molecule has 4 nitrogen and oxygen atoms in total. The minimum absolute atomic E-state index is 0.0521. The van der Waals surface area contributed by atoms with Crippen LogP contribution in [0.25, 0.3) is 0 Å². The fraction of sp³-hybridized carbons (Fsp3) is 0.500. The maximum atomic E-state index is 12.6. The van der Waals surface area contributed by atoms with Crippen LogP contribution in [-0.4, -0.2) is 23.0 Å². The number of aliphatic carboxylic acids is 1. The van der Waals surface area contributed by atoms with Gasteiger partial charge in [-0.2, -0.15) is 0 Å². The van der Waals surface area contributed by atoms with E-state index in [1.54, 1.807) is 6.92 Å². The van der Waals surface area contributed by atoms with E-state index in [9.17, 15) is 9.59 Å². The van der Waals surface area contributed by atoms with Gasteiger partial charge < -0.3 is 10.4 Å². The van der Waals surface area contributed by atoms with E-state index < -0.39 is 11.4 Å². The highest BCUT2D eigenvalue weighted by molar-refractivity contribution is 5.89. The lowest BCUT2D eigenvalue weighted by Crippen LogP contribution is -2.47. The molecule has 2 unspecified atom stereocenters. The molecule has 1 amide bonds. The monoisotopic (exact) mass is 275 g/mol. The molecule has 1 aromatic carbocycles. The van der Waals surface area contributed by atoms with E-state index in [0.29, 0.717) is 0 Å². The number of benzene rings is 1. The van der Waals surface area contributed by atoms with Crippen molar-refractivity contribution in [3.63, 3.8) is 0 Å². The highest BCUT2D eigenvalue weighted by Gasteiger charge is 2.39. The summed E-state index contributed by atoms with van der Waals surface area (Å²) in [4.78, 5) is 23.3. The lowest BCUT2D eigenvalue weighted by Gasteiger charge is -2.35. The van der Waals surface area contributed by atoms with Crippen LogP contribution in [-0.2, 0) is 21.4 Å². The molecule has 20 heavy (non-hydrogen) atoms. The van der Waals surface area contributed by atoms with E-state index in [4.69, 9.17) is 5.11 Å². The van der Waals surface area contributed by atoms with E-state index in [-0.39, 0.29) is 18.4 Å². The number of carbonyl (C=O) groups is 2. The summed E-state index contributed by atoms with van der Waals surface area (Å²) in [7, 11) is 0. The quantitative estimate of drug-likeness (QED) is 0.885. The molecule has 4 heteroatoms. The summed E-state index contributed by atoms with van der Waals surface area (Å²) in [6, 6.07) is 7.67. The van der Waals surface area contributed by atoms with Gasteiger partial charge in [0.05, 0.1) is 11.8 Å². The number of aryl methyl sites for hydroxylation is 1. The molecular weight excluding hydrogens is 254 g/mol. The standard InChI is InChI=1S/C16H21NO3/c1-11(10-14(18)19)17-15(20)16(2)9-5-7-12-6-3-4-8-13(12)16/h3-4,6,8,11H,5,7,9-10H2,1-2H3,(H,17,20)(H,18,19). The molecule has 0 aliphatic heterocycles. The Morgan fingerprint density at radius 1 is 1.40 bits per heavy atom. The first-order valence-electron chi connectivity index (χ1n) is 7.04. The number of hydrogen-bond acceptors (Lipinski definition) is 2. The van der Waals surface area contributed by atoms with Gasteiger partial charge in [-0.15, -0.1) is 0 Å². The summed E-state index contributed by atoms with van der Waals surface area (Å²) in [6.45, 7) is 3.68. The number of rotatable bonds is 4. The number of carboxylic acids is 1. The molecule has 108 valence electrons. The van der Waals surface area contributed by atoms with Crippen LogP contribution in [0.1, 0.15) is 44.2 Å². The van der Waals surface area contributed by atoms with Crippen LogP contribution in [0.15, 0.2) is 24.3 Å². The number of fused-ring (bicyclic) bond motifs is 1. The van der Waals surface area contributed by atoms with Crippen LogP contribution >= 0.6 is 0 Å². The van der Waals surface area contributed by atoms with Crippen molar-refractivity contribution in [3.8, 4) is 0 Å². The Labute approximate surface area is 119 Å². The van der Waals surface area contributed by atoms with Gasteiger partial charge in [0.15, 0.2) is 0 Å². The van der Waals surface area contributed by atoms with Crippen molar-refractivity contribution in [2.75, 3.05) is 0 Å². The normalized spacial score (nSPS) is 22.7. The van der Waals surface area contributed by atoms with Gasteiger partial charge in [-0.1, -0.05) is 24.3 Å². The van der Waals surface area contributed by atoms with E-state index in [1.807, 2.05) is 25.1 Å². The molecule has 0 bridgehead atoms. The van der Waals surface area contributed by atoms with Crippen molar-refractivity contribution >= 4 is 11.9 Å². The van der Waals surface area contributed by atoms with Crippen LogP contribution in [0, 0.1) is 0 Å². The van der Waals surface area contributed by atoms with Gasteiger partial charge in [0.1, 0.15) is 0 Å². The SMILES string of the molecule is CC(CC(=O)O)NC(=O)C1(C)CCCc2ccccc21. The summed E-state index contributed by atoms with van der Waals surface area (Å²) in [6.07, 6.45) is 2.73. The van der Waals surface area contributed by atoms with E-state index >= 15 is 0 Å². The molecule has 0 fully saturated rings. The summed E-state index contributed by atoms with van der Waals surface area (Å²) < 4.78 is 0. The van der Waals surface area contributed by atoms with Crippen molar-refractivity contribution in [1.82, 2.24) is 5.32 Å². The second-order valence-corrected chi connectivity index (χ2v) is 5.82. The molecule has 0 saturated carbocycles. The second-order valence-electron chi connectivity index (χ2n) is 5.82. The van der Waals surface area contributed by atoms with Crippen molar-refractivity contribution < 1.29 is 14.7 Å². The Hall–Kier alpha value is -1.84. The predicted octanol–water partition coefficient (Wildman–Crippen LogP) is 2.26. The highest BCUT2D eigenvalue weighted by Crippen LogP contribution is 2.37. The molecule has 0 spiro atoms. The summed E-state index contributed by atoms with van der Waals surface area (Å²) in [5.74, 6) is -0.967. The third-order valence-electron chi connectivity index (χ3n) is 4.09. The molecule has 2 atom stereocenters. The molecular formula is C16H21NO3. The summed E-state index contributed by atoms with van der Waals surface area (Å²) in [5, 5.41) is 11.6. The molecule has 1 aliphatic rings. The molecule has 0 heterocycles. The van der Waals surface area contributed by atoms with Crippen LogP contribution in [0.3, 0.4) is 0 Å². The van der Waals surface area contributed by atoms with Crippen LogP contribution in [0.4, 0.5) is 0 Å². The smallest absolute Gasteiger partial charge is 0.305 e. The maximum absolute atomic E-state index is 12.6. The average Bonchev–Trinajstić information content (AvgIpc) is 2.38. The van der Waals surface area contributed by atoms with Gasteiger partial charge in [0.25, 0.3) is 0 Å². The Kier molecular flexibility index (Phi) is 4.12. The van der Waals surface area contributed by atoms with Crippen LogP contribution in [0.2, 0.25) is 0 Å². The zero-order valence-electron chi connectivity index (χ0n) is 12.0. The lowest BCUT2D eigenvalue weighted by molar-refractivity contribution is -0.137. The number of nitrogens with one attached hydrogen (secondary N) is 1. The van der Waals surface area contributed by atoms with Gasteiger partial charge in [-0.3, -0.25) is 9.59 Å². The Balaban J connectivity index is 2.19. The van der Waals surface area contributed by atoms with Crippen molar-refractivity contribution in [2.24, 2.45) is 0 Å². The maximum Gasteiger partial charge on any atom is 0.305 e. The molecule has 2 rings (SSSR count). The minimum Gasteiger partial charge on any atom is -0.481 e. The number of hydrogen-bond donors (Lipinski definition) is 2. The largest absolute Gasteiger partial charge is 0.481 e. The van der Waals surface area contributed by atoms with Crippen LogP contribution in [0.5, 0.6) is 0 Å². The molecule has 1 aliphatic carbocycles. The zero-order valence-corrected chi connectivity index (χ0v) is 12.0. The summed E-state index contributed by atoms with van der Waals surface area (Å²) in [5.41, 5.74) is 1.75. The predicted molar refractivity (Wildman–Crippen MR) is 76.6 cm³/mol. The Bertz CT molecular complexity index is 526. The minimum atomic E-state index is -0.896. The van der Waals surface area contributed by atoms with E-state index in [0.717, 1.165) is 24.8 Å². The topological polar surface area (TPSA) is 66.4 Å². The van der Waals surface area contributed by atoms with Gasteiger partial charge >= 0.3 is 5.97 Å². The first-order valence-corrected chi connectivity index (χ1v) is 7.04. The number of carbonyl (C=O) groups excluding carboxylic acids is 1. The number of amides is 1. The Morgan fingerprint density at radius 2 is 2.10 bits per heavy atom. The van der Waals surface area contributed by atoms with E-state index in [1.165, 1.54) is 5.56 Å². The van der Waals surface area contributed by atoms with E-state index in [2.05, 4.69) is 11.4 Å². The highest BCUT2D eigenvalue weighted by atomic mass is 16.4. The van der Waals surface area contributed by atoms with Gasteiger partial charge in [0, 0.05) is 6.04 Å². The third kappa shape index (κ3) is 2.84. The lowest BCUT2D eigenvalue weighted by atomic mass is 9.70. The summed E-state index contributed by atoms with van der Waals surface area (Å²) >= 11 is 0. The first-order chi connectivity index (χ1) is 9.43. The Morgan fingerprint density at radius 3 is 2.80 bits per heavy atom. The van der Waals surface area contributed by atoms with Crippen molar-refractivity contribution in [2.45, 2.75) is 51.0 Å². The van der Waals surface area contributed by atoms with Crippen LogP contribution < -0.4 is 5.32 Å². The molecule has 0 aromatic heterocycles.